The minimum atomic E-state index is 0.457. The van der Waals surface area contributed by atoms with Crippen molar-refractivity contribution in [3.8, 4) is 0 Å². The van der Waals surface area contributed by atoms with E-state index in [2.05, 4.69) is 24.5 Å². The quantitative estimate of drug-likeness (QED) is 0.709. The van der Waals surface area contributed by atoms with Crippen LogP contribution in [0.3, 0.4) is 0 Å². The molecule has 15 heavy (non-hydrogen) atoms. The van der Waals surface area contributed by atoms with E-state index in [-0.39, 0.29) is 0 Å². The van der Waals surface area contributed by atoms with Gasteiger partial charge in [-0.3, -0.25) is 0 Å². The molecule has 0 aromatic rings. The summed E-state index contributed by atoms with van der Waals surface area (Å²) in [6, 6.07) is 0. The van der Waals surface area contributed by atoms with Gasteiger partial charge in [-0.05, 0) is 50.7 Å². The van der Waals surface area contributed by atoms with Crippen molar-refractivity contribution in [2.24, 2.45) is 17.8 Å². The van der Waals surface area contributed by atoms with Crippen molar-refractivity contribution in [2.75, 3.05) is 32.8 Å². The summed E-state index contributed by atoms with van der Waals surface area (Å²) in [5, 5.41) is 6.93. The number of hydrogen-bond acceptors (Lipinski definition) is 3. The van der Waals surface area contributed by atoms with Crippen LogP contribution >= 0.6 is 0 Å². The van der Waals surface area contributed by atoms with Crippen LogP contribution in [-0.4, -0.2) is 38.9 Å². The second kappa shape index (κ2) is 5.28. The van der Waals surface area contributed by atoms with E-state index in [1.165, 1.54) is 19.5 Å². The van der Waals surface area contributed by atoms with Gasteiger partial charge in [0.1, 0.15) is 0 Å². The molecule has 0 radical (unpaired) electrons. The van der Waals surface area contributed by atoms with E-state index in [1.807, 2.05) is 0 Å². The third kappa shape index (κ3) is 2.92. The van der Waals surface area contributed by atoms with Crippen LogP contribution in [0, 0.1) is 17.8 Å². The highest BCUT2D eigenvalue weighted by molar-refractivity contribution is 4.81. The second-order valence-electron chi connectivity index (χ2n) is 5.18. The fourth-order valence-corrected chi connectivity index (χ4v) is 2.42. The Bertz CT molecular complexity index is 194. The largest absolute Gasteiger partial charge is 0.378 e. The van der Waals surface area contributed by atoms with E-state index in [0.717, 1.165) is 37.5 Å². The molecule has 0 saturated carbocycles. The number of ether oxygens (including phenoxy) is 1. The van der Waals surface area contributed by atoms with E-state index in [0.29, 0.717) is 6.10 Å². The highest BCUT2D eigenvalue weighted by atomic mass is 16.5. The van der Waals surface area contributed by atoms with Crippen LogP contribution in [-0.2, 0) is 4.74 Å². The Hall–Kier alpha value is -0.120. The summed E-state index contributed by atoms with van der Waals surface area (Å²) in [5.74, 6) is 2.44. The SMILES string of the molecule is CC(CNCC1CCOC1C)C1CNC1. The van der Waals surface area contributed by atoms with Gasteiger partial charge in [-0.2, -0.15) is 0 Å². The maximum Gasteiger partial charge on any atom is 0.0588 e. The minimum Gasteiger partial charge on any atom is -0.378 e. The maximum atomic E-state index is 5.55. The molecular formula is C12H24N2O. The Morgan fingerprint density at radius 2 is 2.27 bits per heavy atom. The predicted molar refractivity (Wildman–Crippen MR) is 61.9 cm³/mol. The molecule has 0 aliphatic carbocycles. The van der Waals surface area contributed by atoms with Crippen molar-refractivity contribution in [1.29, 1.82) is 0 Å². The van der Waals surface area contributed by atoms with Gasteiger partial charge in [-0.1, -0.05) is 6.92 Å². The molecule has 2 heterocycles. The Labute approximate surface area is 93.0 Å². The first-order valence-corrected chi connectivity index (χ1v) is 6.30. The molecule has 0 bridgehead atoms. The van der Waals surface area contributed by atoms with E-state index in [9.17, 15) is 0 Å². The molecule has 3 heteroatoms. The third-order valence-electron chi connectivity index (χ3n) is 4.02. The minimum absolute atomic E-state index is 0.457. The lowest BCUT2D eigenvalue weighted by Crippen LogP contribution is -2.48. The van der Waals surface area contributed by atoms with Gasteiger partial charge in [0.25, 0.3) is 0 Å². The molecule has 2 N–H and O–H groups in total. The van der Waals surface area contributed by atoms with E-state index >= 15 is 0 Å². The first-order chi connectivity index (χ1) is 7.27. The zero-order chi connectivity index (χ0) is 10.7. The molecule has 2 saturated heterocycles. The summed E-state index contributed by atoms with van der Waals surface area (Å²) in [7, 11) is 0. The Morgan fingerprint density at radius 3 is 2.80 bits per heavy atom. The van der Waals surface area contributed by atoms with Crippen LogP contribution in [0.4, 0.5) is 0 Å². The third-order valence-corrected chi connectivity index (χ3v) is 4.02. The van der Waals surface area contributed by atoms with Gasteiger partial charge in [0, 0.05) is 13.2 Å². The van der Waals surface area contributed by atoms with Crippen molar-refractivity contribution in [2.45, 2.75) is 26.4 Å². The normalized spacial score (nSPS) is 34.0. The molecule has 88 valence electrons. The molecule has 0 amide bonds. The van der Waals surface area contributed by atoms with Gasteiger partial charge >= 0.3 is 0 Å². The van der Waals surface area contributed by atoms with Crippen molar-refractivity contribution >= 4 is 0 Å². The van der Waals surface area contributed by atoms with Crippen molar-refractivity contribution < 1.29 is 4.74 Å². The summed E-state index contributed by atoms with van der Waals surface area (Å²) in [6.07, 6.45) is 1.69. The van der Waals surface area contributed by atoms with Gasteiger partial charge in [-0.15, -0.1) is 0 Å². The van der Waals surface area contributed by atoms with Crippen LogP contribution in [0.15, 0.2) is 0 Å². The van der Waals surface area contributed by atoms with Crippen LogP contribution in [0.2, 0.25) is 0 Å². The molecule has 3 nitrogen and oxygen atoms in total. The molecule has 3 unspecified atom stereocenters. The van der Waals surface area contributed by atoms with E-state index in [1.54, 1.807) is 0 Å². The molecule has 0 spiro atoms. The van der Waals surface area contributed by atoms with Crippen LogP contribution in [0.25, 0.3) is 0 Å². The topological polar surface area (TPSA) is 33.3 Å². The first-order valence-electron chi connectivity index (χ1n) is 6.30. The van der Waals surface area contributed by atoms with Crippen molar-refractivity contribution in [3.05, 3.63) is 0 Å². The molecular weight excluding hydrogens is 188 g/mol. The lowest BCUT2D eigenvalue weighted by molar-refractivity contribution is 0.105. The summed E-state index contributed by atoms with van der Waals surface area (Å²) in [6.45, 7) is 10.2. The monoisotopic (exact) mass is 212 g/mol. The molecule has 0 aromatic carbocycles. The van der Waals surface area contributed by atoms with E-state index < -0.39 is 0 Å². The average molecular weight is 212 g/mol. The first kappa shape index (κ1) is 11.4. The van der Waals surface area contributed by atoms with Gasteiger partial charge in [0.05, 0.1) is 6.10 Å². The molecule has 3 atom stereocenters. The lowest BCUT2D eigenvalue weighted by atomic mass is 9.89. The smallest absolute Gasteiger partial charge is 0.0588 e. The summed E-state index contributed by atoms with van der Waals surface area (Å²) >= 11 is 0. The van der Waals surface area contributed by atoms with Gasteiger partial charge in [0.15, 0.2) is 0 Å². The maximum absolute atomic E-state index is 5.55. The lowest BCUT2D eigenvalue weighted by Gasteiger charge is -2.33. The number of hydrogen-bond donors (Lipinski definition) is 2. The molecule has 2 fully saturated rings. The highest BCUT2D eigenvalue weighted by Crippen LogP contribution is 2.20. The van der Waals surface area contributed by atoms with Crippen molar-refractivity contribution in [1.82, 2.24) is 10.6 Å². The average Bonchev–Trinajstić information content (AvgIpc) is 2.49. The van der Waals surface area contributed by atoms with Gasteiger partial charge in [0.2, 0.25) is 0 Å². The Kier molecular flexibility index (Phi) is 4.00. The summed E-state index contributed by atoms with van der Waals surface area (Å²) in [4.78, 5) is 0. The standard InChI is InChI=1S/C12H24N2O/c1-9(12-7-14-8-12)5-13-6-11-3-4-15-10(11)2/h9-14H,3-8H2,1-2H3. The summed E-state index contributed by atoms with van der Waals surface area (Å²) in [5.41, 5.74) is 0. The van der Waals surface area contributed by atoms with E-state index in [4.69, 9.17) is 4.74 Å². The summed E-state index contributed by atoms with van der Waals surface area (Å²) < 4.78 is 5.55. The fourth-order valence-electron chi connectivity index (χ4n) is 2.42. The fraction of sp³-hybridized carbons (Fsp3) is 1.00. The number of rotatable bonds is 5. The molecule has 2 aliphatic rings. The van der Waals surface area contributed by atoms with Crippen LogP contribution < -0.4 is 10.6 Å². The predicted octanol–water partition coefficient (Wildman–Crippen LogP) is 0.856. The Balaban J connectivity index is 1.57. The Morgan fingerprint density at radius 1 is 1.47 bits per heavy atom. The van der Waals surface area contributed by atoms with Gasteiger partial charge in [-0.25, -0.2) is 0 Å². The molecule has 2 rings (SSSR count). The molecule has 2 aliphatic heterocycles. The second-order valence-corrected chi connectivity index (χ2v) is 5.18. The van der Waals surface area contributed by atoms with Crippen molar-refractivity contribution in [3.63, 3.8) is 0 Å². The zero-order valence-corrected chi connectivity index (χ0v) is 9.96. The molecule has 0 aromatic heterocycles. The van der Waals surface area contributed by atoms with Crippen LogP contribution in [0.5, 0.6) is 0 Å². The number of nitrogens with one attached hydrogen (secondary N) is 2. The van der Waals surface area contributed by atoms with Crippen LogP contribution in [0.1, 0.15) is 20.3 Å². The zero-order valence-electron chi connectivity index (χ0n) is 9.96. The highest BCUT2D eigenvalue weighted by Gasteiger charge is 2.25. The van der Waals surface area contributed by atoms with Gasteiger partial charge < -0.3 is 15.4 Å².